The van der Waals surface area contributed by atoms with Gasteiger partial charge in [0.05, 0.1) is 5.54 Å². The molecule has 2 nitrogen and oxygen atoms in total. The molecule has 2 unspecified atom stereocenters. The Bertz CT molecular complexity index is 804. The number of phenols is 1. The van der Waals surface area contributed by atoms with Crippen molar-refractivity contribution in [3.05, 3.63) is 58.7 Å². The molecule has 140 valence electrons. The van der Waals surface area contributed by atoms with Crippen molar-refractivity contribution in [2.24, 2.45) is 4.99 Å². The smallest absolute Gasteiger partial charge is 0.122 e. The van der Waals surface area contributed by atoms with Gasteiger partial charge in [0, 0.05) is 16.9 Å². The number of aryl methyl sites for hydroxylation is 2. The second-order valence-electron chi connectivity index (χ2n) is 8.30. The minimum absolute atomic E-state index is 0.0871. The van der Waals surface area contributed by atoms with Crippen LogP contribution in [-0.4, -0.2) is 16.9 Å². The number of rotatable bonds is 5. The Morgan fingerprint density at radius 2 is 1.73 bits per heavy atom. The molecule has 3 heteroatoms. The number of hydrogen-bond donors (Lipinski definition) is 1. The maximum Gasteiger partial charge on any atom is 0.122 e. The van der Waals surface area contributed by atoms with Crippen molar-refractivity contribution in [2.45, 2.75) is 65.6 Å². The molecule has 0 spiro atoms. The third-order valence-electron chi connectivity index (χ3n) is 4.71. The Balaban J connectivity index is 2.47. The van der Waals surface area contributed by atoms with Gasteiger partial charge in [-0.1, -0.05) is 64.4 Å². The number of benzene rings is 2. The van der Waals surface area contributed by atoms with Gasteiger partial charge in [-0.2, -0.15) is 0 Å². The Morgan fingerprint density at radius 1 is 1.08 bits per heavy atom. The standard InChI is InChI=1S/C23H32NOP/c1-8-23(7,19-14-16(2)13-17(3)21(19)25)26-20-12-10-9-11-18(20)15-24-22(4,5)6/h9-15,25-26H,8H2,1-7H3. The van der Waals surface area contributed by atoms with Crippen LogP contribution in [0.3, 0.4) is 0 Å². The lowest BCUT2D eigenvalue weighted by Crippen LogP contribution is -2.21. The van der Waals surface area contributed by atoms with Crippen molar-refractivity contribution in [3.63, 3.8) is 0 Å². The molecule has 2 aromatic rings. The first-order chi connectivity index (χ1) is 12.1. The Kier molecular flexibility index (Phi) is 6.29. The summed E-state index contributed by atoms with van der Waals surface area (Å²) in [5, 5.41) is 11.9. The van der Waals surface area contributed by atoms with E-state index in [4.69, 9.17) is 4.99 Å². The zero-order valence-electron chi connectivity index (χ0n) is 17.1. The molecule has 0 amide bonds. The van der Waals surface area contributed by atoms with Crippen LogP contribution >= 0.6 is 8.58 Å². The van der Waals surface area contributed by atoms with Gasteiger partial charge in [0.2, 0.25) is 0 Å². The number of aromatic hydroxyl groups is 1. The lowest BCUT2D eigenvalue weighted by Gasteiger charge is -2.31. The van der Waals surface area contributed by atoms with E-state index in [-0.39, 0.29) is 10.7 Å². The summed E-state index contributed by atoms with van der Waals surface area (Å²) >= 11 is 0. The van der Waals surface area contributed by atoms with Crippen molar-refractivity contribution >= 4 is 20.1 Å². The second-order valence-corrected chi connectivity index (χ2v) is 10.2. The largest absolute Gasteiger partial charge is 0.507 e. The third-order valence-corrected chi connectivity index (χ3v) is 6.61. The molecular formula is C23H32NOP. The van der Waals surface area contributed by atoms with E-state index in [1.165, 1.54) is 16.4 Å². The van der Waals surface area contributed by atoms with Crippen molar-refractivity contribution < 1.29 is 5.11 Å². The fourth-order valence-corrected chi connectivity index (χ4v) is 4.58. The van der Waals surface area contributed by atoms with Crippen LogP contribution in [0.25, 0.3) is 0 Å². The minimum Gasteiger partial charge on any atom is -0.507 e. The lowest BCUT2D eigenvalue weighted by atomic mass is 9.93. The van der Waals surface area contributed by atoms with Crippen molar-refractivity contribution in [1.29, 1.82) is 0 Å². The van der Waals surface area contributed by atoms with Gasteiger partial charge in [-0.05, 0) is 57.5 Å². The van der Waals surface area contributed by atoms with E-state index in [0.717, 1.165) is 17.5 Å². The zero-order valence-corrected chi connectivity index (χ0v) is 18.1. The Labute approximate surface area is 160 Å². The fraction of sp³-hybridized carbons (Fsp3) is 0.435. The molecule has 0 aliphatic rings. The zero-order chi connectivity index (χ0) is 19.5. The van der Waals surface area contributed by atoms with E-state index < -0.39 is 0 Å². The number of aliphatic imine (C=N–C) groups is 1. The Hall–Kier alpha value is -1.66. The van der Waals surface area contributed by atoms with Gasteiger partial charge in [0.15, 0.2) is 0 Å². The van der Waals surface area contributed by atoms with Gasteiger partial charge in [-0.15, -0.1) is 0 Å². The normalized spacial score (nSPS) is 15.0. The van der Waals surface area contributed by atoms with Gasteiger partial charge < -0.3 is 5.11 Å². The van der Waals surface area contributed by atoms with Gasteiger partial charge >= 0.3 is 0 Å². The van der Waals surface area contributed by atoms with E-state index in [9.17, 15) is 5.11 Å². The summed E-state index contributed by atoms with van der Waals surface area (Å²) in [5.74, 6) is 0.438. The van der Waals surface area contributed by atoms with Crippen LogP contribution in [-0.2, 0) is 5.16 Å². The summed E-state index contributed by atoms with van der Waals surface area (Å²) in [6, 6.07) is 12.7. The molecular weight excluding hydrogens is 337 g/mol. The molecule has 0 aliphatic heterocycles. The van der Waals surface area contributed by atoms with Gasteiger partial charge in [-0.25, -0.2) is 0 Å². The summed E-state index contributed by atoms with van der Waals surface area (Å²) in [4.78, 5) is 4.69. The van der Waals surface area contributed by atoms with Crippen LogP contribution in [0.15, 0.2) is 41.4 Å². The van der Waals surface area contributed by atoms with Crippen LogP contribution in [0.5, 0.6) is 5.75 Å². The lowest BCUT2D eigenvalue weighted by molar-refractivity contribution is 0.452. The van der Waals surface area contributed by atoms with Gasteiger partial charge in [0.1, 0.15) is 5.75 Å². The van der Waals surface area contributed by atoms with E-state index >= 15 is 0 Å². The Morgan fingerprint density at radius 3 is 2.35 bits per heavy atom. The van der Waals surface area contributed by atoms with E-state index in [1.807, 2.05) is 19.2 Å². The molecule has 0 saturated carbocycles. The summed E-state index contributed by atoms with van der Waals surface area (Å²) in [6.07, 6.45) is 2.96. The van der Waals surface area contributed by atoms with E-state index in [2.05, 4.69) is 71.9 Å². The van der Waals surface area contributed by atoms with Crippen LogP contribution in [0, 0.1) is 13.8 Å². The third kappa shape index (κ3) is 4.95. The average molecular weight is 369 g/mol. The summed E-state index contributed by atoms with van der Waals surface area (Å²) in [6.45, 7) is 14.9. The summed E-state index contributed by atoms with van der Waals surface area (Å²) in [5.41, 5.74) is 4.29. The highest BCUT2D eigenvalue weighted by molar-refractivity contribution is 7.48. The molecule has 2 aromatic carbocycles. The summed E-state index contributed by atoms with van der Waals surface area (Å²) < 4.78 is 0. The highest BCUT2D eigenvalue weighted by Gasteiger charge is 2.29. The quantitative estimate of drug-likeness (QED) is 0.520. The first kappa shape index (κ1) is 20.6. The SMILES string of the molecule is CCC(C)(Pc1ccccc1C=NC(C)(C)C)c1cc(C)cc(C)c1O. The monoisotopic (exact) mass is 369 g/mol. The molecule has 2 atom stereocenters. The van der Waals surface area contributed by atoms with Crippen LogP contribution in [0.2, 0.25) is 0 Å². The van der Waals surface area contributed by atoms with E-state index in [0.29, 0.717) is 14.3 Å². The molecule has 0 radical (unpaired) electrons. The molecule has 0 fully saturated rings. The molecule has 0 aliphatic carbocycles. The van der Waals surface area contributed by atoms with Crippen LogP contribution < -0.4 is 5.30 Å². The molecule has 0 bridgehead atoms. The predicted molar refractivity (Wildman–Crippen MR) is 117 cm³/mol. The van der Waals surface area contributed by atoms with Crippen LogP contribution in [0.1, 0.15) is 63.3 Å². The molecule has 0 saturated heterocycles. The van der Waals surface area contributed by atoms with Crippen LogP contribution in [0.4, 0.5) is 0 Å². The number of phenolic OH excluding ortho intramolecular Hbond substituents is 1. The van der Waals surface area contributed by atoms with Gasteiger partial charge in [-0.3, -0.25) is 4.99 Å². The predicted octanol–water partition coefficient (Wildman–Crippen LogP) is 5.86. The molecule has 1 N–H and O–H groups in total. The topological polar surface area (TPSA) is 32.6 Å². The number of hydrogen-bond acceptors (Lipinski definition) is 2. The maximum atomic E-state index is 10.7. The van der Waals surface area contributed by atoms with Crippen molar-refractivity contribution in [2.75, 3.05) is 0 Å². The first-order valence-electron chi connectivity index (χ1n) is 9.29. The molecule has 26 heavy (non-hydrogen) atoms. The average Bonchev–Trinajstić information content (AvgIpc) is 2.56. The molecule has 0 heterocycles. The summed E-state index contributed by atoms with van der Waals surface area (Å²) in [7, 11) is 0.556. The highest BCUT2D eigenvalue weighted by Crippen LogP contribution is 2.48. The maximum absolute atomic E-state index is 10.7. The van der Waals surface area contributed by atoms with Crippen molar-refractivity contribution in [3.8, 4) is 5.75 Å². The van der Waals surface area contributed by atoms with Crippen molar-refractivity contribution in [1.82, 2.24) is 0 Å². The first-order valence-corrected chi connectivity index (χ1v) is 10.3. The number of nitrogens with zero attached hydrogens (tertiary/aromatic N) is 1. The fourth-order valence-electron chi connectivity index (χ4n) is 3.01. The minimum atomic E-state index is -0.105. The highest BCUT2D eigenvalue weighted by atomic mass is 31.1. The second kappa shape index (κ2) is 7.92. The molecule has 2 rings (SSSR count). The van der Waals surface area contributed by atoms with Gasteiger partial charge in [0.25, 0.3) is 0 Å². The van der Waals surface area contributed by atoms with E-state index in [1.54, 1.807) is 0 Å². The molecule has 0 aromatic heterocycles.